The van der Waals surface area contributed by atoms with Crippen molar-refractivity contribution in [2.24, 2.45) is 5.92 Å². The Balaban J connectivity index is 2.09. The number of hydrogen-bond donors (Lipinski definition) is 2. The Hall–Kier alpha value is -0.860. The number of sulfonamides is 1. The number of halogens is 1. The smallest absolute Gasteiger partial charge is 0.371 e. The minimum absolute atomic E-state index is 0.0983. The molecule has 1 aromatic heterocycles. The van der Waals surface area contributed by atoms with Gasteiger partial charge in [-0.2, -0.15) is 0 Å². The van der Waals surface area contributed by atoms with Crippen LogP contribution in [0.3, 0.4) is 0 Å². The minimum Gasteiger partial charge on any atom is -0.475 e. The second-order valence-electron chi connectivity index (χ2n) is 4.18. The van der Waals surface area contributed by atoms with Gasteiger partial charge < -0.3 is 9.52 Å². The lowest BCUT2D eigenvalue weighted by Gasteiger charge is -2.03. The molecule has 0 radical (unpaired) electrons. The van der Waals surface area contributed by atoms with Crippen molar-refractivity contribution < 1.29 is 22.7 Å². The van der Waals surface area contributed by atoms with Gasteiger partial charge in [0.2, 0.25) is 15.8 Å². The molecule has 0 saturated heterocycles. The number of carbonyl (C=O) groups is 1. The Morgan fingerprint density at radius 3 is 2.72 bits per heavy atom. The number of carboxylic acids is 1. The Labute approximate surface area is 113 Å². The number of aromatic carboxylic acids is 1. The molecular formula is C10H12BrNO5S. The topological polar surface area (TPSA) is 96.6 Å². The van der Waals surface area contributed by atoms with E-state index in [2.05, 4.69) is 20.7 Å². The summed E-state index contributed by atoms with van der Waals surface area (Å²) in [6.07, 6.45) is 3.11. The maximum atomic E-state index is 11.9. The van der Waals surface area contributed by atoms with E-state index < -0.39 is 21.8 Å². The van der Waals surface area contributed by atoms with E-state index in [0.29, 0.717) is 12.5 Å². The summed E-state index contributed by atoms with van der Waals surface area (Å²) < 4.78 is 30.9. The standard InChI is InChI=1S/C10H12BrNO5S/c11-9-8(5-7(17-9)10(13)14)18(15,16)12-4-3-6-1-2-6/h5-6,12H,1-4H2,(H,13,14). The summed E-state index contributed by atoms with van der Waals surface area (Å²) in [4.78, 5) is 10.5. The molecule has 1 fully saturated rings. The average molecular weight is 338 g/mol. The summed E-state index contributed by atoms with van der Waals surface area (Å²) in [6, 6.07) is 0.992. The van der Waals surface area contributed by atoms with Crippen LogP contribution in [0.25, 0.3) is 0 Å². The zero-order valence-electron chi connectivity index (χ0n) is 9.35. The fourth-order valence-corrected chi connectivity index (χ4v) is 3.51. The molecule has 0 spiro atoms. The molecule has 0 atom stereocenters. The van der Waals surface area contributed by atoms with Crippen LogP contribution in [-0.2, 0) is 10.0 Å². The first kappa shape index (κ1) is 13.6. The fourth-order valence-electron chi connectivity index (χ4n) is 1.52. The summed E-state index contributed by atoms with van der Waals surface area (Å²) in [5.74, 6) is -1.10. The number of rotatable bonds is 6. The van der Waals surface area contributed by atoms with Gasteiger partial charge >= 0.3 is 5.97 Å². The van der Waals surface area contributed by atoms with E-state index in [-0.39, 0.29) is 9.56 Å². The van der Waals surface area contributed by atoms with Gasteiger partial charge in [-0.3, -0.25) is 0 Å². The van der Waals surface area contributed by atoms with Crippen molar-refractivity contribution in [3.05, 3.63) is 16.5 Å². The zero-order valence-corrected chi connectivity index (χ0v) is 11.8. The highest BCUT2D eigenvalue weighted by molar-refractivity contribution is 9.10. The number of carboxylic acid groups (broad SMARTS) is 1. The van der Waals surface area contributed by atoms with Crippen molar-refractivity contribution in [3.8, 4) is 0 Å². The van der Waals surface area contributed by atoms with E-state index in [9.17, 15) is 13.2 Å². The summed E-state index contributed by atoms with van der Waals surface area (Å²) in [7, 11) is -3.73. The fraction of sp³-hybridized carbons (Fsp3) is 0.500. The van der Waals surface area contributed by atoms with Gasteiger partial charge in [-0.15, -0.1) is 0 Å². The molecule has 100 valence electrons. The van der Waals surface area contributed by atoms with Gasteiger partial charge in [-0.25, -0.2) is 17.9 Å². The van der Waals surface area contributed by atoms with E-state index in [1.807, 2.05) is 0 Å². The highest BCUT2D eigenvalue weighted by Crippen LogP contribution is 2.32. The third kappa shape index (κ3) is 3.12. The van der Waals surface area contributed by atoms with Crippen molar-refractivity contribution in [1.29, 1.82) is 0 Å². The van der Waals surface area contributed by atoms with Gasteiger partial charge in [0.05, 0.1) is 0 Å². The minimum atomic E-state index is -3.73. The van der Waals surface area contributed by atoms with Crippen molar-refractivity contribution in [2.45, 2.75) is 24.2 Å². The number of hydrogen-bond acceptors (Lipinski definition) is 4. The summed E-state index contributed by atoms with van der Waals surface area (Å²) >= 11 is 2.91. The normalized spacial score (nSPS) is 15.8. The van der Waals surface area contributed by atoms with Crippen LogP contribution in [0.1, 0.15) is 29.8 Å². The lowest BCUT2D eigenvalue weighted by Crippen LogP contribution is -2.25. The first-order valence-corrected chi connectivity index (χ1v) is 7.70. The van der Waals surface area contributed by atoms with Gasteiger partial charge in [0.25, 0.3) is 0 Å². The lowest BCUT2D eigenvalue weighted by atomic mass is 10.3. The maximum absolute atomic E-state index is 11.9. The second-order valence-corrected chi connectivity index (χ2v) is 6.64. The van der Waals surface area contributed by atoms with Crippen LogP contribution in [0.4, 0.5) is 0 Å². The van der Waals surface area contributed by atoms with Gasteiger partial charge in [0, 0.05) is 12.6 Å². The SMILES string of the molecule is O=C(O)c1cc(S(=O)(=O)NCCC2CC2)c(Br)o1. The Kier molecular flexibility index (Phi) is 3.79. The van der Waals surface area contributed by atoms with Crippen LogP contribution in [0.15, 0.2) is 20.0 Å². The van der Waals surface area contributed by atoms with E-state index in [0.717, 1.165) is 25.3 Å². The van der Waals surface area contributed by atoms with E-state index in [4.69, 9.17) is 9.52 Å². The highest BCUT2D eigenvalue weighted by Gasteiger charge is 2.26. The van der Waals surface area contributed by atoms with Crippen molar-refractivity contribution in [3.63, 3.8) is 0 Å². The quantitative estimate of drug-likeness (QED) is 0.825. The average Bonchev–Trinajstić information content (AvgIpc) is 2.98. The van der Waals surface area contributed by atoms with Gasteiger partial charge in [0.15, 0.2) is 4.67 Å². The van der Waals surface area contributed by atoms with Crippen molar-refractivity contribution in [2.75, 3.05) is 6.54 Å². The molecule has 0 bridgehead atoms. The maximum Gasteiger partial charge on any atom is 0.371 e. The predicted molar refractivity (Wildman–Crippen MR) is 65.9 cm³/mol. The monoisotopic (exact) mass is 337 g/mol. The molecule has 1 aliphatic rings. The third-order valence-corrected chi connectivity index (χ3v) is 5.02. The molecule has 1 aromatic rings. The molecular weight excluding hydrogens is 326 g/mol. The molecule has 1 saturated carbocycles. The molecule has 8 heteroatoms. The zero-order chi connectivity index (χ0) is 13.3. The first-order chi connectivity index (χ1) is 8.40. The van der Waals surface area contributed by atoms with Gasteiger partial charge in [-0.05, 0) is 28.3 Å². The van der Waals surface area contributed by atoms with Crippen LogP contribution in [0, 0.1) is 5.92 Å². The molecule has 0 aliphatic heterocycles. The third-order valence-electron chi connectivity index (χ3n) is 2.70. The number of nitrogens with one attached hydrogen (secondary N) is 1. The molecule has 0 unspecified atom stereocenters. The van der Waals surface area contributed by atoms with Gasteiger partial charge in [0.1, 0.15) is 4.90 Å². The largest absolute Gasteiger partial charge is 0.475 e. The van der Waals surface area contributed by atoms with E-state index >= 15 is 0 Å². The lowest BCUT2D eigenvalue weighted by molar-refractivity contribution is 0.0661. The molecule has 6 nitrogen and oxygen atoms in total. The van der Waals surface area contributed by atoms with Crippen LogP contribution < -0.4 is 4.72 Å². The van der Waals surface area contributed by atoms with Crippen molar-refractivity contribution in [1.82, 2.24) is 4.72 Å². The molecule has 1 aliphatic carbocycles. The summed E-state index contributed by atoms with van der Waals surface area (Å²) in [5, 5.41) is 8.72. The van der Waals surface area contributed by atoms with Crippen LogP contribution in [0.5, 0.6) is 0 Å². The Morgan fingerprint density at radius 1 is 1.56 bits per heavy atom. The molecule has 2 rings (SSSR count). The van der Waals surface area contributed by atoms with Crippen LogP contribution >= 0.6 is 15.9 Å². The summed E-state index contributed by atoms with van der Waals surface area (Å²) in [6.45, 7) is 0.354. The first-order valence-electron chi connectivity index (χ1n) is 5.42. The molecule has 0 aromatic carbocycles. The van der Waals surface area contributed by atoms with E-state index in [1.54, 1.807) is 0 Å². The van der Waals surface area contributed by atoms with E-state index in [1.165, 1.54) is 0 Å². The molecule has 1 heterocycles. The van der Waals surface area contributed by atoms with Crippen LogP contribution in [-0.4, -0.2) is 26.0 Å². The van der Waals surface area contributed by atoms with Gasteiger partial charge in [-0.1, -0.05) is 12.8 Å². The Bertz CT molecular complexity index is 561. The second kappa shape index (κ2) is 5.02. The highest BCUT2D eigenvalue weighted by atomic mass is 79.9. The Morgan fingerprint density at radius 2 is 2.22 bits per heavy atom. The molecule has 18 heavy (non-hydrogen) atoms. The number of furan rings is 1. The summed E-state index contributed by atoms with van der Waals surface area (Å²) in [5.41, 5.74) is 0. The van der Waals surface area contributed by atoms with Crippen molar-refractivity contribution >= 4 is 31.9 Å². The molecule has 0 amide bonds. The van der Waals surface area contributed by atoms with Crippen LogP contribution in [0.2, 0.25) is 0 Å². The predicted octanol–water partition coefficient (Wildman–Crippen LogP) is 1.82. The molecule has 2 N–H and O–H groups in total.